The zero-order valence-corrected chi connectivity index (χ0v) is 12.0. The number of benzene rings is 1. The van der Waals surface area contributed by atoms with Gasteiger partial charge in [-0.25, -0.2) is 13.6 Å². The van der Waals surface area contributed by atoms with Crippen LogP contribution in [0.25, 0.3) is 0 Å². The van der Waals surface area contributed by atoms with E-state index < -0.39 is 10.0 Å². The molecule has 0 aliphatic heterocycles. The van der Waals surface area contributed by atoms with Crippen molar-refractivity contribution in [3.63, 3.8) is 0 Å². The van der Waals surface area contributed by atoms with Crippen LogP contribution in [0.2, 0.25) is 0 Å². The van der Waals surface area contributed by atoms with Crippen LogP contribution in [0.4, 0.5) is 0 Å². The van der Waals surface area contributed by atoms with Crippen LogP contribution in [-0.2, 0) is 23.1 Å². The molecule has 0 unspecified atom stereocenters. The molecule has 0 saturated carbocycles. The SMILES string of the molecule is CCc1noc(COc2ccc(S(N)(=O)=O)c(C)c2)n1. The maximum atomic E-state index is 11.3. The Hall–Kier alpha value is -1.93. The molecule has 0 saturated heterocycles. The topological polar surface area (TPSA) is 108 Å². The number of rotatable bonds is 5. The van der Waals surface area contributed by atoms with Gasteiger partial charge in [0.15, 0.2) is 12.4 Å². The lowest BCUT2D eigenvalue weighted by Gasteiger charge is -2.07. The van der Waals surface area contributed by atoms with Gasteiger partial charge in [-0.15, -0.1) is 0 Å². The largest absolute Gasteiger partial charge is 0.484 e. The fourth-order valence-corrected chi connectivity index (χ4v) is 2.43. The first kappa shape index (κ1) is 14.5. The monoisotopic (exact) mass is 297 g/mol. The van der Waals surface area contributed by atoms with Crippen molar-refractivity contribution >= 4 is 10.0 Å². The highest BCUT2D eigenvalue weighted by molar-refractivity contribution is 7.89. The van der Waals surface area contributed by atoms with E-state index in [0.717, 1.165) is 0 Å². The van der Waals surface area contributed by atoms with E-state index in [0.29, 0.717) is 29.4 Å². The summed E-state index contributed by atoms with van der Waals surface area (Å²) in [5.74, 6) is 1.49. The third-order valence-electron chi connectivity index (χ3n) is 2.64. The average Bonchev–Trinajstić information content (AvgIpc) is 2.83. The molecule has 0 aliphatic rings. The molecule has 0 radical (unpaired) electrons. The smallest absolute Gasteiger partial charge is 0.264 e. The molecule has 0 spiro atoms. The van der Waals surface area contributed by atoms with E-state index in [-0.39, 0.29) is 11.5 Å². The quantitative estimate of drug-likeness (QED) is 0.887. The molecule has 7 nitrogen and oxygen atoms in total. The lowest BCUT2D eigenvalue weighted by Crippen LogP contribution is -2.13. The van der Waals surface area contributed by atoms with Gasteiger partial charge in [0.05, 0.1) is 4.90 Å². The summed E-state index contributed by atoms with van der Waals surface area (Å²) >= 11 is 0. The number of sulfonamides is 1. The molecule has 0 atom stereocenters. The van der Waals surface area contributed by atoms with Crippen molar-refractivity contribution in [1.29, 1.82) is 0 Å². The summed E-state index contributed by atoms with van der Waals surface area (Å²) in [7, 11) is -3.71. The summed E-state index contributed by atoms with van der Waals surface area (Å²) in [5.41, 5.74) is 0.518. The first-order valence-corrected chi connectivity index (χ1v) is 7.52. The summed E-state index contributed by atoms with van der Waals surface area (Å²) in [6, 6.07) is 4.53. The summed E-state index contributed by atoms with van der Waals surface area (Å²) < 4.78 is 33.0. The number of aryl methyl sites for hydroxylation is 2. The molecular formula is C12H15N3O4S. The second-order valence-corrected chi connectivity index (χ2v) is 5.75. The molecule has 108 valence electrons. The highest BCUT2D eigenvalue weighted by Gasteiger charge is 2.12. The molecule has 1 heterocycles. The van der Waals surface area contributed by atoms with Crippen LogP contribution in [0.5, 0.6) is 5.75 Å². The highest BCUT2D eigenvalue weighted by atomic mass is 32.2. The van der Waals surface area contributed by atoms with E-state index in [9.17, 15) is 8.42 Å². The minimum Gasteiger partial charge on any atom is -0.484 e. The molecular weight excluding hydrogens is 282 g/mol. The molecule has 0 amide bonds. The van der Waals surface area contributed by atoms with Crippen molar-refractivity contribution in [3.05, 3.63) is 35.5 Å². The van der Waals surface area contributed by atoms with E-state index >= 15 is 0 Å². The fraction of sp³-hybridized carbons (Fsp3) is 0.333. The third-order valence-corrected chi connectivity index (χ3v) is 3.71. The van der Waals surface area contributed by atoms with Gasteiger partial charge in [-0.3, -0.25) is 0 Å². The van der Waals surface area contributed by atoms with Crippen LogP contribution in [0.3, 0.4) is 0 Å². The fourth-order valence-electron chi connectivity index (χ4n) is 1.67. The standard InChI is InChI=1S/C12H15N3O4S/c1-3-11-14-12(19-15-11)7-18-9-4-5-10(8(2)6-9)20(13,16)17/h4-6H,3,7H2,1-2H3,(H2,13,16,17). The average molecular weight is 297 g/mol. The van der Waals surface area contributed by atoms with Crippen molar-refractivity contribution in [2.75, 3.05) is 0 Å². The first-order valence-electron chi connectivity index (χ1n) is 5.98. The van der Waals surface area contributed by atoms with Crippen LogP contribution in [0, 0.1) is 6.92 Å². The first-order chi connectivity index (χ1) is 9.40. The maximum Gasteiger partial charge on any atom is 0.264 e. The van der Waals surface area contributed by atoms with Gasteiger partial charge >= 0.3 is 0 Å². The molecule has 2 N–H and O–H groups in total. The summed E-state index contributed by atoms with van der Waals surface area (Å²) in [4.78, 5) is 4.18. The van der Waals surface area contributed by atoms with Gasteiger partial charge in [0, 0.05) is 6.42 Å². The highest BCUT2D eigenvalue weighted by Crippen LogP contribution is 2.20. The van der Waals surface area contributed by atoms with Crippen LogP contribution < -0.4 is 9.88 Å². The van der Waals surface area contributed by atoms with E-state index in [1.165, 1.54) is 12.1 Å². The number of aromatic nitrogens is 2. The van der Waals surface area contributed by atoms with Gasteiger partial charge in [0.1, 0.15) is 5.75 Å². The van der Waals surface area contributed by atoms with E-state index in [2.05, 4.69) is 10.1 Å². The maximum absolute atomic E-state index is 11.3. The number of nitrogens with zero attached hydrogens (tertiary/aromatic N) is 2. The molecule has 20 heavy (non-hydrogen) atoms. The molecule has 2 aromatic rings. The Balaban J connectivity index is 2.09. The number of primary sulfonamides is 1. The predicted molar refractivity (Wildman–Crippen MR) is 70.6 cm³/mol. The number of ether oxygens (including phenoxy) is 1. The van der Waals surface area contributed by atoms with Crippen molar-refractivity contribution < 1.29 is 17.7 Å². The summed E-state index contributed by atoms with van der Waals surface area (Å²) in [6.45, 7) is 3.69. The molecule has 8 heteroatoms. The van der Waals surface area contributed by atoms with Gasteiger partial charge in [-0.1, -0.05) is 12.1 Å². The lowest BCUT2D eigenvalue weighted by molar-refractivity contribution is 0.242. The van der Waals surface area contributed by atoms with E-state index in [4.69, 9.17) is 14.4 Å². The van der Waals surface area contributed by atoms with Crippen molar-refractivity contribution in [3.8, 4) is 5.75 Å². The Morgan fingerprint density at radius 3 is 2.70 bits per heavy atom. The molecule has 0 bridgehead atoms. The Labute approximate surface area is 116 Å². The molecule has 0 fully saturated rings. The zero-order chi connectivity index (χ0) is 14.8. The van der Waals surface area contributed by atoms with Gasteiger partial charge in [-0.05, 0) is 30.7 Å². The van der Waals surface area contributed by atoms with Crippen molar-refractivity contribution in [2.24, 2.45) is 5.14 Å². The molecule has 2 rings (SSSR count). The van der Waals surface area contributed by atoms with Crippen LogP contribution in [0.15, 0.2) is 27.6 Å². The van der Waals surface area contributed by atoms with Gasteiger partial charge in [-0.2, -0.15) is 4.98 Å². The van der Waals surface area contributed by atoms with Crippen LogP contribution in [-0.4, -0.2) is 18.6 Å². The molecule has 0 aliphatic carbocycles. The Bertz CT molecular complexity index is 709. The molecule has 1 aromatic carbocycles. The number of hydrogen-bond donors (Lipinski definition) is 1. The van der Waals surface area contributed by atoms with Gasteiger partial charge < -0.3 is 9.26 Å². The second-order valence-electron chi connectivity index (χ2n) is 4.22. The van der Waals surface area contributed by atoms with Crippen LogP contribution in [0.1, 0.15) is 24.2 Å². The summed E-state index contributed by atoms with van der Waals surface area (Å²) in [6.07, 6.45) is 0.686. The van der Waals surface area contributed by atoms with Crippen molar-refractivity contribution in [2.45, 2.75) is 31.8 Å². The van der Waals surface area contributed by atoms with E-state index in [1.54, 1.807) is 13.0 Å². The minimum absolute atomic E-state index is 0.0795. The number of nitrogens with two attached hydrogens (primary N) is 1. The Kier molecular flexibility index (Phi) is 4.05. The third kappa shape index (κ3) is 3.34. The lowest BCUT2D eigenvalue weighted by atomic mass is 10.2. The number of hydrogen-bond acceptors (Lipinski definition) is 6. The normalized spacial score (nSPS) is 11.6. The Morgan fingerprint density at radius 1 is 1.40 bits per heavy atom. The predicted octanol–water partition coefficient (Wildman–Crippen LogP) is 1.17. The van der Waals surface area contributed by atoms with Crippen LogP contribution >= 0.6 is 0 Å². The zero-order valence-electron chi connectivity index (χ0n) is 11.2. The van der Waals surface area contributed by atoms with Gasteiger partial charge in [0.25, 0.3) is 5.89 Å². The molecule has 1 aromatic heterocycles. The van der Waals surface area contributed by atoms with E-state index in [1.807, 2.05) is 6.92 Å². The Morgan fingerprint density at radius 2 is 2.15 bits per heavy atom. The second kappa shape index (κ2) is 5.59. The van der Waals surface area contributed by atoms with Crippen molar-refractivity contribution in [1.82, 2.24) is 10.1 Å². The summed E-state index contributed by atoms with van der Waals surface area (Å²) in [5, 5.41) is 8.84. The van der Waals surface area contributed by atoms with Gasteiger partial charge in [0.2, 0.25) is 10.0 Å². The minimum atomic E-state index is -3.71.